The number of aryl methyl sites for hydroxylation is 1. The fourth-order valence-electron chi connectivity index (χ4n) is 5.91. The number of ether oxygens (including phenoxy) is 2. The summed E-state index contributed by atoms with van der Waals surface area (Å²) in [5.41, 5.74) is 11.2. The van der Waals surface area contributed by atoms with E-state index in [1.165, 1.54) is 6.33 Å². The van der Waals surface area contributed by atoms with E-state index in [2.05, 4.69) is 80.5 Å². The molecule has 0 radical (unpaired) electrons. The molecule has 1 atom stereocenters. The van der Waals surface area contributed by atoms with E-state index in [0.717, 1.165) is 64.4 Å². The number of anilines is 1. The summed E-state index contributed by atoms with van der Waals surface area (Å²) in [6.07, 6.45) is 2.30. The molecule has 1 aliphatic rings. The summed E-state index contributed by atoms with van der Waals surface area (Å²) in [5, 5.41) is 11.5. The lowest BCUT2D eigenvalue weighted by Crippen LogP contribution is -2.57. The van der Waals surface area contributed by atoms with E-state index in [1.54, 1.807) is 0 Å². The first-order valence-electron chi connectivity index (χ1n) is 14.4. The molecule has 8 nitrogen and oxygen atoms in total. The van der Waals surface area contributed by atoms with Crippen LogP contribution in [0, 0.1) is 24.2 Å². The van der Waals surface area contributed by atoms with Gasteiger partial charge < -0.3 is 19.8 Å². The number of hydrogen-bond donors (Lipinski definition) is 1. The van der Waals surface area contributed by atoms with Crippen LogP contribution in [0.3, 0.4) is 0 Å². The van der Waals surface area contributed by atoms with E-state index in [4.69, 9.17) is 26.8 Å². The molecule has 0 bridgehead atoms. The van der Waals surface area contributed by atoms with Crippen molar-refractivity contribution in [2.45, 2.75) is 79.3 Å². The second-order valence-corrected chi connectivity index (χ2v) is 12.2. The molecule has 1 unspecified atom stereocenters. The number of benzene rings is 1. The number of fused-ring (bicyclic) bond motifs is 1. The van der Waals surface area contributed by atoms with Gasteiger partial charge in [0.25, 0.3) is 0 Å². The number of hydrogen-bond acceptors (Lipinski definition) is 7. The highest BCUT2D eigenvalue weighted by Gasteiger charge is 2.43. The summed E-state index contributed by atoms with van der Waals surface area (Å²) in [6.45, 7) is 23.6. The summed E-state index contributed by atoms with van der Waals surface area (Å²) in [6, 6.07) is 4.07. The van der Waals surface area contributed by atoms with E-state index in [0.29, 0.717) is 35.5 Å². The Morgan fingerprint density at radius 2 is 1.95 bits per heavy atom. The van der Waals surface area contributed by atoms with Crippen LogP contribution in [0.1, 0.15) is 88.4 Å². The average molecular weight is 579 g/mol. The smallest absolute Gasteiger partial charge is 0.146 e. The molecule has 0 aliphatic carbocycles. The van der Waals surface area contributed by atoms with E-state index in [9.17, 15) is 5.26 Å². The number of aromatic nitrogens is 3. The highest BCUT2D eigenvalue weighted by atomic mass is 35.5. The third-order valence-electron chi connectivity index (χ3n) is 8.41. The number of likely N-dealkylation sites (tertiary alicyclic amines) is 1. The molecule has 4 rings (SSSR count). The van der Waals surface area contributed by atoms with Crippen LogP contribution in [0.2, 0.25) is 5.02 Å². The van der Waals surface area contributed by atoms with Gasteiger partial charge in [0.05, 0.1) is 40.8 Å². The lowest BCUT2D eigenvalue weighted by molar-refractivity contribution is 0.0103. The highest BCUT2D eigenvalue weighted by Crippen LogP contribution is 2.47. The minimum absolute atomic E-state index is 0.0692. The molecule has 1 saturated heterocycles. The van der Waals surface area contributed by atoms with Gasteiger partial charge in [0.15, 0.2) is 0 Å². The van der Waals surface area contributed by atoms with E-state index in [-0.39, 0.29) is 17.5 Å². The van der Waals surface area contributed by atoms with E-state index >= 15 is 0 Å². The minimum atomic E-state index is -0.351. The van der Waals surface area contributed by atoms with Gasteiger partial charge in [-0.15, -0.1) is 0 Å². The van der Waals surface area contributed by atoms with Gasteiger partial charge in [0.2, 0.25) is 0 Å². The van der Waals surface area contributed by atoms with Crippen LogP contribution in [-0.4, -0.2) is 51.3 Å². The Balaban J connectivity index is 1.79. The van der Waals surface area contributed by atoms with Gasteiger partial charge in [-0.05, 0) is 58.6 Å². The van der Waals surface area contributed by atoms with Gasteiger partial charge in [0, 0.05) is 35.8 Å². The zero-order chi connectivity index (χ0) is 30.2. The molecule has 220 valence electrons. The summed E-state index contributed by atoms with van der Waals surface area (Å²) in [7, 11) is 0. The van der Waals surface area contributed by atoms with E-state index < -0.39 is 0 Å². The summed E-state index contributed by atoms with van der Waals surface area (Å²) >= 11 is 6.85. The Morgan fingerprint density at radius 1 is 1.27 bits per heavy atom. The number of nitrogens with two attached hydrogens (primary N) is 1. The van der Waals surface area contributed by atoms with Crippen LogP contribution in [0.25, 0.3) is 11.0 Å². The maximum absolute atomic E-state index is 10.2. The molecule has 2 aromatic heterocycles. The molecular formula is C32H43ClN6O2. The Kier molecular flexibility index (Phi) is 8.91. The van der Waals surface area contributed by atoms with Crippen molar-refractivity contribution in [2.75, 3.05) is 32.0 Å². The maximum atomic E-state index is 10.2. The third kappa shape index (κ3) is 5.38. The lowest BCUT2D eigenvalue weighted by atomic mass is 9.81. The van der Waals surface area contributed by atoms with Gasteiger partial charge >= 0.3 is 0 Å². The largest absolute Gasteiger partial charge is 0.496 e. The van der Waals surface area contributed by atoms with Crippen LogP contribution >= 0.6 is 11.6 Å². The van der Waals surface area contributed by atoms with Crippen LogP contribution in [0.4, 0.5) is 5.82 Å². The first-order chi connectivity index (χ1) is 19.4. The lowest BCUT2D eigenvalue weighted by Gasteiger charge is -2.50. The number of nitrogens with zero attached hydrogens (tertiary/aromatic N) is 5. The van der Waals surface area contributed by atoms with Crippen molar-refractivity contribution in [2.24, 2.45) is 5.92 Å². The van der Waals surface area contributed by atoms with Crippen molar-refractivity contribution in [1.29, 1.82) is 5.26 Å². The number of rotatable bonds is 11. The number of nitrogen functional groups attached to an aromatic ring is 1. The number of nitriles is 1. The van der Waals surface area contributed by atoms with Crippen molar-refractivity contribution in [1.82, 2.24) is 19.4 Å². The molecular weight excluding hydrogens is 536 g/mol. The quantitative estimate of drug-likeness (QED) is 0.250. The zero-order valence-corrected chi connectivity index (χ0v) is 26.4. The Bertz CT molecular complexity index is 1500. The van der Waals surface area contributed by atoms with Crippen molar-refractivity contribution >= 4 is 28.5 Å². The molecule has 1 aliphatic heterocycles. The van der Waals surface area contributed by atoms with Gasteiger partial charge in [-0.3, -0.25) is 4.90 Å². The SMILES string of the molecule is C=C(OCC(C)C)C(C)(C)N1CC(c2c(C#N)c(Cl)cc(C(C)n3c(CC)c(C)c4c(N)ncnc43)c2OCC)C1. The van der Waals surface area contributed by atoms with Crippen LogP contribution in [0.5, 0.6) is 5.75 Å². The van der Waals surface area contributed by atoms with Gasteiger partial charge in [-0.2, -0.15) is 5.26 Å². The van der Waals surface area contributed by atoms with Gasteiger partial charge in [0.1, 0.15) is 35.4 Å². The first kappa shape index (κ1) is 30.7. The minimum Gasteiger partial charge on any atom is -0.496 e. The predicted molar refractivity (Wildman–Crippen MR) is 166 cm³/mol. The van der Waals surface area contributed by atoms with Gasteiger partial charge in [-0.1, -0.05) is 39.0 Å². The monoisotopic (exact) mass is 578 g/mol. The van der Waals surface area contributed by atoms with Crippen molar-refractivity contribution in [3.63, 3.8) is 0 Å². The second kappa shape index (κ2) is 11.9. The van der Waals surface area contributed by atoms with Gasteiger partial charge in [-0.25, -0.2) is 9.97 Å². The van der Waals surface area contributed by atoms with Crippen LogP contribution in [-0.2, 0) is 11.2 Å². The normalized spacial score (nSPS) is 15.1. The van der Waals surface area contributed by atoms with Crippen LogP contribution < -0.4 is 10.5 Å². The fraction of sp³-hybridized carbons (Fsp3) is 0.531. The molecule has 3 aromatic rings. The molecule has 9 heteroatoms. The molecule has 0 saturated carbocycles. The molecule has 2 N–H and O–H groups in total. The van der Waals surface area contributed by atoms with Crippen LogP contribution in [0.15, 0.2) is 24.7 Å². The zero-order valence-electron chi connectivity index (χ0n) is 25.6. The Labute approximate surface area is 249 Å². The molecule has 41 heavy (non-hydrogen) atoms. The highest BCUT2D eigenvalue weighted by molar-refractivity contribution is 6.32. The summed E-state index contributed by atoms with van der Waals surface area (Å²) in [4.78, 5) is 11.2. The standard InChI is InChI=1S/C32H43ClN6O2/c1-10-26-19(5)27-30(35)36-17-37-31(27)39(26)20(6)23-12-25(33)24(13-34)28(29(23)40-11-2)22-14-38(15-22)32(8,9)21(7)41-16-18(3)4/h12,17-18,20,22H,7,10-11,14-16H2,1-6,8-9H3,(H2,35,36,37). The van der Waals surface area contributed by atoms with Crippen molar-refractivity contribution in [3.05, 3.63) is 57.7 Å². The molecule has 1 aromatic carbocycles. The Hall–Kier alpha value is -3.28. The molecule has 0 spiro atoms. The number of halogens is 1. The third-order valence-corrected chi connectivity index (χ3v) is 8.71. The second-order valence-electron chi connectivity index (χ2n) is 11.8. The van der Waals surface area contributed by atoms with Crippen molar-refractivity contribution in [3.8, 4) is 11.8 Å². The molecule has 3 heterocycles. The average Bonchev–Trinajstić information content (AvgIpc) is 3.19. The van der Waals surface area contributed by atoms with Crippen molar-refractivity contribution < 1.29 is 9.47 Å². The molecule has 1 fully saturated rings. The summed E-state index contributed by atoms with van der Waals surface area (Å²) in [5.74, 6) is 2.43. The predicted octanol–water partition coefficient (Wildman–Crippen LogP) is 6.78. The fourth-order valence-corrected chi connectivity index (χ4v) is 6.17. The maximum Gasteiger partial charge on any atom is 0.146 e. The Morgan fingerprint density at radius 3 is 2.54 bits per heavy atom. The first-order valence-corrected chi connectivity index (χ1v) is 14.8. The topological polar surface area (TPSA) is 102 Å². The summed E-state index contributed by atoms with van der Waals surface area (Å²) < 4.78 is 14.6. The van der Waals surface area contributed by atoms with E-state index in [1.807, 2.05) is 13.0 Å². The molecule has 0 amide bonds.